The summed E-state index contributed by atoms with van der Waals surface area (Å²) in [5, 5.41) is 3.45. The van der Waals surface area contributed by atoms with Gasteiger partial charge in [-0.25, -0.2) is 0 Å². The number of amides is 1. The summed E-state index contributed by atoms with van der Waals surface area (Å²) in [5.41, 5.74) is 1.38. The average Bonchev–Trinajstić information content (AvgIpc) is 3.05. The predicted molar refractivity (Wildman–Crippen MR) is 99.7 cm³/mol. The molecule has 2 rings (SSSR count). The second-order valence-electron chi connectivity index (χ2n) is 5.83. The molecule has 0 aliphatic rings. The third-order valence-corrected chi connectivity index (χ3v) is 3.85. The van der Waals surface area contributed by atoms with E-state index in [1.807, 2.05) is 25.1 Å². The van der Waals surface area contributed by atoms with Crippen LogP contribution >= 0.6 is 11.6 Å². The topological polar surface area (TPSA) is 63.3 Å². The largest absolute Gasteiger partial charge is 0.490 e. The van der Waals surface area contributed by atoms with Crippen molar-refractivity contribution in [2.45, 2.75) is 39.7 Å². The average molecular weight is 365 g/mol. The molecule has 5 nitrogen and oxygen atoms in total. The van der Waals surface area contributed by atoms with Crippen LogP contribution in [0.2, 0.25) is 5.02 Å². The lowest BCUT2D eigenvalue weighted by molar-refractivity contribution is 0.0935. The molecule has 0 fully saturated rings. The standard InChI is InChI=1S/C19H25ClN2O3/c1-4-8-24-17-7-6-14(10-18(17)25-9-5-2)13(3)22-19(23)16-11-15(20)12-21-16/h6-7,10-13,21H,4-5,8-9H2,1-3H3,(H,22,23). The van der Waals surface area contributed by atoms with Crippen LogP contribution in [0.4, 0.5) is 0 Å². The highest BCUT2D eigenvalue weighted by Gasteiger charge is 2.15. The van der Waals surface area contributed by atoms with Gasteiger partial charge in [-0.1, -0.05) is 31.5 Å². The van der Waals surface area contributed by atoms with Gasteiger partial charge >= 0.3 is 0 Å². The molecule has 0 aliphatic carbocycles. The van der Waals surface area contributed by atoms with E-state index in [1.165, 1.54) is 0 Å². The van der Waals surface area contributed by atoms with Gasteiger partial charge in [-0.2, -0.15) is 0 Å². The highest BCUT2D eigenvalue weighted by Crippen LogP contribution is 2.31. The zero-order valence-electron chi connectivity index (χ0n) is 14.9. The molecule has 1 aromatic carbocycles. The van der Waals surface area contributed by atoms with E-state index in [9.17, 15) is 4.79 Å². The zero-order chi connectivity index (χ0) is 18.2. The van der Waals surface area contributed by atoms with E-state index in [0.29, 0.717) is 29.7 Å². The van der Waals surface area contributed by atoms with E-state index in [0.717, 1.165) is 24.2 Å². The van der Waals surface area contributed by atoms with E-state index in [-0.39, 0.29) is 11.9 Å². The first kappa shape index (κ1) is 19.2. The molecule has 2 N–H and O–H groups in total. The van der Waals surface area contributed by atoms with Gasteiger partial charge < -0.3 is 19.8 Å². The Balaban J connectivity index is 2.12. The van der Waals surface area contributed by atoms with Gasteiger partial charge in [0, 0.05) is 6.20 Å². The lowest BCUT2D eigenvalue weighted by atomic mass is 10.1. The Morgan fingerprint density at radius 2 is 1.84 bits per heavy atom. The Kier molecular flexibility index (Phi) is 7.19. The summed E-state index contributed by atoms with van der Waals surface area (Å²) in [6.45, 7) is 7.30. The van der Waals surface area contributed by atoms with Crippen molar-refractivity contribution >= 4 is 17.5 Å². The number of rotatable bonds is 9. The van der Waals surface area contributed by atoms with Crippen molar-refractivity contribution in [3.05, 3.63) is 46.7 Å². The molecular weight excluding hydrogens is 340 g/mol. The summed E-state index contributed by atoms with van der Waals surface area (Å²) >= 11 is 5.84. The number of nitrogens with one attached hydrogen (secondary N) is 2. The molecule has 0 saturated heterocycles. The number of benzene rings is 1. The van der Waals surface area contributed by atoms with E-state index in [4.69, 9.17) is 21.1 Å². The monoisotopic (exact) mass is 364 g/mol. The number of aromatic nitrogens is 1. The van der Waals surface area contributed by atoms with Crippen LogP contribution in [0, 0.1) is 0 Å². The minimum atomic E-state index is -0.207. The first-order valence-electron chi connectivity index (χ1n) is 8.59. The van der Waals surface area contributed by atoms with E-state index >= 15 is 0 Å². The Morgan fingerprint density at radius 3 is 2.44 bits per heavy atom. The fraction of sp³-hybridized carbons (Fsp3) is 0.421. The fourth-order valence-electron chi connectivity index (χ4n) is 2.31. The van der Waals surface area contributed by atoms with Gasteiger partial charge in [0.25, 0.3) is 5.91 Å². The third kappa shape index (κ3) is 5.43. The second kappa shape index (κ2) is 9.37. The normalized spacial score (nSPS) is 11.8. The number of carbonyl (C=O) groups is 1. The van der Waals surface area contributed by atoms with Crippen molar-refractivity contribution in [1.29, 1.82) is 0 Å². The molecule has 0 aliphatic heterocycles. The number of hydrogen-bond donors (Lipinski definition) is 2. The maximum absolute atomic E-state index is 12.3. The Labute approximate surface area is 153 Å². The molecule has 1 amide bonds. The Hall–Kier alpha value is -2.14. The fourth-order valence-corrected chi connectivity index (χ4v) is 2.47. The molecule has 2 aromatic rings. The maximum atomic E-state index is 12.3. The van der Waals surface area contributed by atoms with Crippen LogP contribution in [0.3, 0.4) is 0 Å². The van der Waals surface area contributed by atoms with Crippen molar-refractivity contribution in [1.82, 2.24) is 10.3 Å². The molecule has 6 heteroatoms. The molecule has 0 saturated carbocycles. The molecule has 1 unspecified atom stereocenters. The lowest BCUT2D eigenvalue weighted by Crippen LogP contribution is -2.26. The van der Waals surface area contributed by atoms with Gasteiger partial charge in [-0.3, -0.25) is 4.79 Å². The van der Waals surface area contributed by atoms with Crippen molar-refractivity contribution in [2.24, 2.45) is 0 Å². The van der Waals surface area contributed by atoms with Gasteiger partial charge in [0.2, 0.25) is 0 Å². The lowest BCUT2D eigenvalue weighted by Gasteiger charge is -2.17. The van der Waals surface area contributed by atoms with Crippen LogP contribution in [-0.2, 0) is 0 Å². The van der Waals surface area contributed by atoms with Crippen molar-refractivity contribution in [3.8, 4) is 11.5 Å². The van der Waals surface area contributed by atoms with E-state index < -0.39 is 0 Å². The Bertz CT molecular complexity index is 700. The van der Waals surface area contributed by atoms with Gasteiger partial charge in [0.05, 0.1) is 24.3 Å². The number of carbonyl (C=O) groups excluding carboxylic acids is 1. The van der Waals surface area contributed by atoms with E-state index in [1.54, 1.807) is 12.3 Å². The van der Waals surface area contributed by atoms with Gasteiger partial charge in [-0.15, -0.1) is 0 Å². The summed E-state index contributed by atoms with van der Waals surface area (Å²) in [6.07, 6.45) is 3.43. The van der Waals surface area contributed by atoms with Crippen molar-refractivity contribution in [3.63, 3.8) is 0 Å². The molecule has 0 bridgehead atoms. The number of halogens is 1. The molecule has 136 valence electrons. The number of H-pyrrole nitrogens is 1. The molecule has 1 atom stereocenters. The molecule has 1 aromatic heterocycles. The van der Waals surface area contributed by atoms with Gasteiger partial charge in [0.1, 0.15) is 5.69 Å². The summed E-state index contributed by atoms with van der Waals surface area (Å²) in [4.78, 5) is 15.1. The number of ether oxygens (including phenoxy) is 2. The summed E-state index contributed by atoms with van der Waals surface area (Å²) in [5.74, 6) is 1.23. The highest BCUT2D eigenvalue weighted by molar-refractivity contribution is 6.30. The summed E-state index contributed by atoms with van der Waals surface area (Å²) in [7, 11) is 0. The minimum Gasteiger partial charge on any atom is -0.490 e. The van der Waals surface area contributed by atoms with Crippen LogP contribution in [0.5, 0.6) is 11.5 Å². The van der Waals surface area contributed by atoms with Crippen LogP contribution in [0.15, 0.2) is 30.5 Å². The maximum Gasteiger partial charge on any atom is 0.268 e. The van der Waals surface area contributed by atoms with Crippen molar-refractivity contribution < 1.29 is 14.3 Å². The summed E-state index contributed by atoms with van der Waals surface area (Å²) in [6, 6.07) is 7.17. The first-order valence-corrected chi connectivity index (χ1v) is 8.97. The smallest absolute Gasteiger partial charge is 0.268 e. The quantitative estimate of drug-likeness (QED) is 0.675. The summed E-state index contributed by atoms with van der Waals surface area (Å²) < 4.78 is 11.5. The predicted octanol–water partition coefficient (Wildman–Crippen LogP) is 4.74. The molecule has 0 spiro atoms. The number of aromatic amines is 1. The van der Waals surface area contributed by atoms with Crippen LogP contribution < -0.4 is 14.8 Å². The zero-order valence-corrected chi connectivity index (χ0v) is 15.7. The second-order valence-corrected chi connectivity index (χ2v) is 6.27. The van der Waals surface area contributed by atoms with Crippen molar-refractivity contribution in [2.75, 3.05) is 13.2 Å². The highest BCUT2D eigenvalue weighted by atomic mass is 35.5. The first-order chi connectivity index (χ1) is 12.0. The SMILES string of the molecule is CCCOc1ccc(C(C)NC(=O)c2cc(Cl)c[nH]2)cc1OCCC. The molecule has 1 heterocycles. The van der Waals surface area contributed by atoms with Gasteiger partial charge in [-0.05, 0) is 43.5 Å². The molecular formula is C19H25ClN2O3. The minimum absolute atomic E-state index is 0.182. The van der Waals surface area contributed by atoms with E-state index in [2.05, 4.69) is 24.1 Å². The van der Waals surface area contributed by atoms with Crippen LogP contribution in [-0.4, -0.2) is 24.1 Å². The van der Waals surface area contributed by atoms with Gasteiger partial charge in [0.15, 0.2) is 11.5 Å². The van der Waals surface area contributed by atoms with Crippen LogP contribution in [0.25, 0.3) is 0 Å². The third-order valence-electron chi connectivity index (χ3n) is 3.63. The molecule has 25 heavy (non-hydrogen) atoms. The Morgan fingerprint density at radius 1 is 1.16 bits per heavy atom. The molecule has 0 radical (unpaired) electrons. The number of hydrogen-bond acceptors (Lipinski definition) is 3. The van der Waals surface area contributed by atoms with Crippen LogP contribution in [0.1, 0.15) is 55.7 Å².